The standard InChI is InChI=1S/C7H8F3N3O/c8-7(9,10)5-4(1-12-13-5)6(14)2-11-3-6/h1,11,14H,2-3H2,(H,12,13). The molecule has 0 saturated carbocycles. The third-order valence-electron chi connectivity index (χ3n) is 2.26. The van der Waals surface area contributed by atoms with E-state index in [1.807, 2.05) is 5.10 Å². The molecule has 2 heterocycles. The fourth-order valence-corrected chi connectivity index (χ4v) is 1.41. The molecule has 1 aromatic rings. The van der Waals surface area contributed by atoms with Crippen LogP contribution in [0.4, 0.5) is 13.2 Å². The van der Waals surface area contributed by atoms with Crippen molar-refractivity contribution in [2.45, 2.75) is 11.8 Å². The van der Waals surface area contributed by atoms with Crippen molar-refractivity contribution in [3.05, 3.63) is 17.5 Å². The molecule has 4 nitrogen and oxygen atoms in total. The molecule has 0 atom stereocenters. The van der Waals surface area contributed by atoms with Crippen LogP contribution in [0.15, 0.2) is 6.20 Å². The molecule has 78 valence electrons. The number of aliphatic hydroxyl groups is 1. The van der Waals surface area contributed by atoms with Gasteiger partial charge in [0.2, 0.25) is 0 Å². The van der Waals surface area contributed by atoms with Gasteiger partial charge in [-0.25, -0.2) is 0 Å². The van der Waals surface area contributed by atoms with Crippen molar-refractivity contribution in [3.63, 3.8) is 0 Å². The Morgan fingerprint density at radius 3 is 2.50 bits per heavy atom. The molecule has 0 aromatic carbocycles. The quantitative estimate of drug-likeness (QED) is 0.617. The highest BCUT2D eigenvalue weighted by Gasteiger charge is 2.45. The summed E-state index contributed by atoms with van der Waals surface area (Å²) in [5.74, 6) is 0. The summed E-state index contributed by atoms with van der Waals surface area (Å²) in [6.07, 6.45) is -3.49. The van der Waals surface area contributed by atoms with Gasteiger partial charge >= 0.3 is 6.18 Å². The molecule has 14 heavy (non-hydrogen) atoms. The number of rotatable bonds is 1. The second kappa shape index (κ2) is 2.71. The molecular formula is C7H8F3N3O. The van der Waals surface area contributed by atoms with E-state index in [1.165, 1.54) is 0 Å². The van der Waals surface area contributed by atoms with Crippen molar-refractivity contribution in [1.82, 2.24) is 15.5 Å². The molecule has 0 aliphatic carbocycles. The minimum Gasteiger partial charge on any atom is -0.382 e. The van der Waals surface area contributed by atoms with Crippen LogP contribution in [0, 0.1) is 0 Å². The number of nitrogens with one attached hydrogen (secondary N) is 2. The Bertz CT molecular complexity index is 342. The highest BCUT2D eigenvalue weighted by molar-refractivity contribution is 5.29. The first kappa shape index (κ1) is 9.47. The molecule has 0 amide bonds. The van der Waals surface area contributed by atoms with Gasteiger partial charge in [-0.2, -0.15) is 18.3 Å². The summed E-state index contributed by atoms with van der Waals surface area (Å²) in [7, 11) is 0. The fraction of sp³-hybridized carbons (Fsp3) is 0.571. The van der Waals surface area contributed by atoms with E-state index in [0.29, 0.717) is 0 Å². The van der Waals surface area contributed by atoms with Crippen LogP contribution in [0.5, 0.6) is 0 Å². The zero-order chi connectivity index (χ0) is 10.4. The molecule has 3 N–H and O–H groups in total. The molecule has 2 rings (SSSR count). The predicted molar refractivity (Wildman–Crippen MR) is 40.4 cm³/mol. The second-order valence-corrected chi connectivity index (χ2v) is 3.29. The van der Waals surface area contributed by atoms with Gasteiger partial charge in [0.25, 0.3) is 0 Å². The van der Waals surface area contributed by atoms with E-state index in [9.17, 15) is 18.3 Å². The maximum absolute atomic E-state index is 12.4. The Balaban J connectivity index is 2.39. The van der Waals surface area contributed by atoms with Crippen molar-refractivity contribution in [1.29, 1.82) is 0 Å². The van der Waals surface area contributed by atoms with Crippen LogP contribution < -0.4 is 5.32 Å². The maximum atomic E-state index is 12.4. The van der Waals surface area contributed by atoms with E-state index in [-0.39, 0.29) is 18.7 Å². The lowest BCUT2D eigenvalue weighted by atomic mass is 9.88. The van der Waals surface area contributed by atoms with Gasteiger partial charge in [-0.15, -0.1) is 0 Å². The summed E-state index contributed by atoms with van der Waals surface area (Å²) in [5, 5.41) is 17.6. The average molecular weight is 207 g/mol. The molecule has 1 saturated heterocycles. The molecule has 1 fully saturated rings. The van der Waals surface area contributed by atoms with Crippen LogP contribution in [0.25, 0.3) is 0 Å². The molecule has 7 heteroatoms. The number of alkyl halides is 3. The van der Waals surface area contributed by atoms with E-state index in [2.05, 4.69) is 10.4 Å². The maximum Gasteiger partial charge on any atom is 0.433 e. The van der Waals surface area contributed by atoms with E-state index in [4.69, 9.17) is 0 Å². The van der Waals surface area contributed by atoms with Gasteiger partial charge in [-0.3, -0.25) is 5.10 Å². The van der Waals surface area contributed by atoms with Crippen molar-refractivity contribution in [3.8, 4) is 0 Å². The predicted octanol–water partition coefficient (Wildman–Crippen LogP) is 0.219. The van der Waals surface area contributed by atoms with Crippen molar-refractivity contribution >= 4 is 0 Å². The van der Waals surface area contributed by atoms with Gasteiger partial charge in [0.15, 0.2) is 0 Å². The van der Waals surface area contributed by atoms with E-state index < -0.39 is 17.5 Å². The van der Waals surface area contributed by atoms with Gasteiger partial charge in [-0.05, 0) is 0 Å². The monoisotopic (exact) mass is 207 g/mol. The molecule has 0 radical (unpaired) electrons. The lowest BCUT2D eigenvalue weighted by Gasteiger charge is -2.37. The third kappa shape index (κ3) is 1.28. The lowest BCUT2D eigenvalue weighted by molar-refractivity contribution is -0.145. The van der Waals surface area contributed by atoms with Crippen molar-refractivity contribution < 1.29 is 18.3 Å². The van der Waals surface area contributed by atoms with Crippen LogP contribution in [-0.2, 0) is 11.8 Å². The van der Waals surface area contributed by atoms with Gasteiger partial charge in [0.05, 0.1) is 6.20 Å². The number of nitrogens with zero attached hydrogens (tertiary/aromatic N) is 1. The number of hydrogen-bond acceptors (Lipinski definition) is 3. The molecule has 0 bridgehead atoms. The summed E-state index contributed by atoms with van der Waals surface area (Å²) < 4.78 is 37.1. The summed E-state index contributed by atoms with van der Waals surface area (Å²) >= 11 is 0. The smallest absolute Gasteiger partial charge is 0.382 e. The zero-order valence-corrected chi connectivity index (χ0v) is 7.02. The van der Waals surface area contributed by atoms with Gasteiger partial charge in [-0.1, -0.05) is 0 Å². The summed E-state index contributed by atoms with van der Waals surface area (Å²) in [6.45, 7) is 0.241. The highest BCUT2D eigenvalue weighted by Crippen LogP contribution is 2.36. The molecular weight excluding hydrogens is 199 g/mol. The van der Waals surface area contributed by atoms with E-state index >= 15 is 0 Å². The van der Waals surface area contributed by atoms with Crippen LogP contribution in [-0.4, -0.2) is 28.4 Å². The fourth-order valence-electron chi connectivity index (χ4n) is 1.41. The SMILES string of the molecule is OC1(c2cn[nH]c2C(F)(F)F)CNC1. The second-order valence-electron chi connectivity index (χ2n) is 3.29. The normalized spacial score (nSPS) is 20.6. The minimum absolute atomic E-state index is 0.121. The number of β-amino-alcohol motifs (C(OH)–C–C–N with tert-alkyl or cyclic N) is 1. The molecule has 0 unspecified atom stereocenters. The highest BCUT2D eigenvalue weighted by atomic mass is 19.4. The van der Waals surface area contributed by atoms with Gasteiger partial charge in [0.1, 0.15) is 11.3 Å². The number of halogens is 3. The van der Waals surface area contributed by atoms with Crippen molar-refractivity contribution in [2.24, 2.45) is 0 Å². The van der Waals surface area contributed by atoms with Crippen LogP contribution in [0.2, 0.25) is 0 Å². The van der Waals surface area contributed by atoms with Crippen LogP contribution in [0.1, 0.15) is 11.3 Å². The van der Waals surface area contributed by atoms with Gasteiger partial charge in [0, 0.05) is 18.7 Å². The number of hydrogen-bond donors (Lipinski definition) is 3. The largest absolute Gasteiger partial charge is 0.433 e. The molecule has 0 spiro atoms. The minimum atomic E-state index is -4.50. The Hall–Kier alpha value is -1.08. The molecule has 1 aliphatic rings. The topological polar surface area (TPSA) is 60.9 Å². The lowest BCUT2D eigenvalue weighted by Crippen LogP contribution is -2.57. The Kier molecular flexibility index (Phi) is 1.83. The third-order valence-corrected chi connectivity index (χ3v) is 2.26. The average Bonchev–Trinajstić information content (AvgIpc) is 2.46. The van der Waals surface area contributed by atoms with Crippen LogP contribution in [0.3, 0.4) is 0 Å². The van der Waals surface area contributed by atoms with Gasteiger partial charge < -0.3 is 10.4 Å². The number of aromatic amines is 1. The first-order valence-corrected chi connectivity index (χ1v) is 3.98. The molecule has 1 aliphatic heterocycles. The van der Waals surface area contributed by atoms with E-state index in [0.717, 1.165) is 6.20 Å². The zero-order valence-electron chi connectivity index (χ0n) is 7.02. The Morgan fingerprint density at radius 1 is 1.43 bits per heavy atom. The Morgan fingerprint density at radius 2 is 2.07 bits per heavy atom. The Labute approximate surface area is 77.1 Å². The summed E-state index contributed by atoms with van der Waals surface area (Å²) in [5.41, 5.74) is -2.59. The number of H-pyrrole nitrogens is 1. The first-order valence-electron chi connectivity index (χ1n) is 3.98. The summed E-state index contributed by atoms with van der Waals surface area (Å²) in [4.78, 5) is 0. The van der Waals surface area contributed by atoms with Crippen molar-refractivity contribution in [2.75, 3.05) is 13.1 Å². The molecule has 1 aromatic heterocycles. The van der Waals surface area contributed by atoms with Crippen LogP contribution >= 0.6 is 0 Å². The first-order chi connectivity index (χ1) is 6.43. The number of aromatic nitrogens is 2. The summed E-state index contributed by atoms with van der Waals surface area (Å²) in [6, 6.07) is 0. The van der Waals surface area contributed by atoms with E-state index in [1.54, 1.807) is 0 Å².